The molecule has 0 aliphatic carbocycles. The van der Waals surface area contributed by atoms with E-state index >= 15 is 0 Å². The van der Waals surface area contributed by atoms with E-state index in [1.165, 1.54) is 0 Å². The van der Waals surface area contributed by atoms with Gasteiger partial charge in [-0.3, -0.25) is 0 Å². The minimum atomic E-state index is 0.319. The molecule has 0 spiro atoms. The summed E-state index contributed by atoms with van der Waals surface area (Å²) in [5.74, 6) is 2.30. The molecular formula is C12H6Cl2O3. The van der Waals surface area contributed by atoms with Gasteiger partial charge in [0.1, 0.15) is 0 Å². The second-order valence-electron chi connectivity index (χ2n) is 3.37. The second kappa shape index (κ2) is 4.02. The minimum Gasteiger partial charge on any atom is -0.450 e. The molecule has 0 aliphatic rings. The molecule has 0 unspecified atom stereocenters. The van der Waals surface area contributed by atoms with Crippen molar-refractivity contribution in [1.29, 1.82) is 0 Å². The van der Waals surface area contributed by atoms with E-state index in [1.54, 1.807) is 36.4 Å². The molecule has 0 radical (unpaired) electrons. The van der Waals surface area contributed by atoms with Crippen LogP contribution in [0.1, 0.15) is 0 Å². The van der Waals surface area contributed by atoms with Crippen LogP contribution >= 0.6 is 23.2 Å². The average molecular weight is 269 g/mol. The van der Waals surface area contributed by atoms with E-state index < -0.39 is 0 Å². The van der Waals surface area contributed by atoms with E-state index in [4.69, 9.17) is 36.5 Å². The number of furan rings is 3. The Morgan fingerprint density at radius 3 is 1.24 bits per heavy atom. The summed E-state index contributed by atoms with van der Waals surface area (Å²) >= 11 is 11.4. The predicted molar refractivity (Wildman–Crippen MR) is 64.1 cm³/mol. The fourth-order valence-electron chi connectivity index (χ4n) is 1.50. The summed E-state index contributed by atoms with van der Waals surface area (Å²) in [6.45, 7) is 0. The van der Waals surface area contributed by atoms with Crippen LogP contribution < -0.4 is 0 Å². The molecule has 0 aromatic carbocycles. The van der Waals surface area contributed by atoms with Crippen LogP contribution in [0.3, 0.4) is 0 Å². The zero-order chi connectivity index (χ0) is 11.8. The SMILES string of the molecule is Clc1ccc(-c2ccc(-c3ccc(Cl)o3)o2)o1. The van der Waals surface area contributed by atoms with Crippen molar-refractivity contribution in [1.82, 2.24) is 0 Å². The van der Waals surface area contributed by atoms with Crippen LogP contribution in [-0.2, 0) is 0 Å². The van der Waals surface area contributed by atoms with Gasteiger partial charge in [-0.15, -0.1) is 0 Å². The summed E-state index contributed by atoms with van der Waals surface area (Å²) in [6.07, 6.45) is 0. The molecule has 0 aliphatic heterocycles. The molecule has 0 fully saturated rings. The topological polar surface area (TPSA) is 39.4 Å². The van der Waals surface area contributed by atoms with Gasteiger partial charge in [0.05, 0.1) is 0 Å². The van der Waals surface area contributed by atoms with Crippen molar-refractivity contribution in [2.75, 3.05) is 0 Å². The molecule has 3 heterocycles. The Labute approximate surface area is 107 Å². The van der Waals surface area contributed by atoms with E-state index in [-0.39, 0.29) is 0 Å². The first-order valence-corrected chi connectivity index (χ1v) is 5.59. The van der Waals surface area contributed by atoms with E-state index in [0.717, 1.165) is 0 Å². The molecule has 5 heteroatoms. The van der Waals surface area contributed by atoms with Crippen molar-refractivity contribution in [3.8, 4) is 23.0 Å². The first-order chi connectivity index (χ1) is 8.22. The zero-order valence-electron chi connectivity index (χ0n) is 8.44. The Morgan fingerprint density at radius 1 is 0.529 bits per heavy atom. The molecule has 3 nitrogen and oxygen atoms in total. The molecule has 3 rings (SSSR count). The molecule has 86 valence electrons. The predicted octanol–water partition coefficient (Wildman–Crippen LogP) is 5.11. The number of halogens is 2. The Morgan fingerprint density at radius 2 is 0.882 bits per heavy atom. The van der Waals surface area contributed by atoms with E-state index in [9.17, 15) is 0 Å². The van der Waals surface area contributed by atoms with Crippen molar-refractivity contribution in [3.05, 3.63) is 46.8 Å². The summed E-state index contributed by atoms with van der Waals surface area (Å²) in [7, 11) is 0. The third-order valence-electron chi connectivity index (χ3n) is 2.24. The van der Waals surface area contributed by atoms with Gasteiger partial charge >= 0.3 is 0 Å². The Balaban J connectivity index is 1.98. The molecule has 0 atom stereocenters. The lowest BCUT2D eigenvalue weighted by atomic mass is 10.3. The van der Waals surface area contributed by atoms with Gasteiger partial charge in [-0.2, -0.15) is 0 Å². The summed E-state index contributed by atoms with van der Waals surface area (Å²) in [5.41, 5.74) is 0. The fraction of sp³-hybridized carbons (Fsp3) is 0. The molecule has 0 amide bonds. The minimum absolute atomic E-state index is 0.319. The van der Waals surface area contributed by atoms with Crippen LogP contribution in [0.5, 0.6) is 0 Å². The van der Waals surface area contributed by atoms with Crippen molar-refractivity contribution < 1.29 is 13.3 Å². The normalized spacial score (nSPS) is 10.9. The third-order valence-corrected chi connectivity index (χ3v) is 2.64. The first kappa shape index (κ1) is 10.6. The fourth-order valence-corrected chi connectivity index (χ4v) is 1.79. The van der Waals surface area contributed by atoms with Crippen LogP contribution in [-0.4, -0.2) is 0 Å². The monoisotopic (exact) mass is 268 g/mol. The van der Waals surface area contributed by atoms with Crippen LogP contribution in [0.4, 0.5) is 0 Å². The Kier molecular flexibility index (Phi) is 2.50. The smallest absolute Gasteiger partial charge is 0.194 e. The molecule has 0 saturated heterocycles. The highest BCUT2D eigenvalue weighted by atomic mass is 35.5. The molecule has 0 saturated carbocycles. The first-order valence-electron chi connectivity index (χ1n) is 4.83. The standard InChI is InChI=1S/C12H6Cl2O3/c13-11-5-3-9(16-11)7-1-2-8(15-7)10-4-6-12(14)17-10/h1-6H. The number of hydrogen-bond donors (Lipinski definition) is 0. The zero-order valence-corrected chi connectivity index (χ0v) is 9.96. The third kappa shape index (κ3) is 1.99. The lowest BCUT2D eigenvalue weighted by Crippen LogP contribution is -1.66. The molecule has 17 heavy (non-hydrogen) atoms. The maximum Gasteiger partial charge on any atom is 0.194 e. The van der Waals surface area contributed by atoms with Crippen LogP contribution in [0.25, 0.3) is 23.0 Å². The van der Waals surface area contributed by atoms with Crippen LogP contribution in [0.2, 0.25) is 10.4 Å². The summed E-state index contributed by atoms with van der Waals surface area (Å²) in [5, 5.41) is 0.637. The Bertz CT molecular complexity index is 593. The number of hydrogen-bond acceptors (Lipinski definition) is 3. The van der Waals surface area contributed by atoms with Crippen LogP contribution in [0.15, 0.2) is 49.6 Å². The average Bonchev–Trinajstić information content (AvgIpc) is 2.96. The van der Waals surface area contributed by atoms with Gasteiger partial charge in [0.15, 0.2) is 33.5 Å². The van der Waals surface area contributed by atoms with Crippen molar-refractivity contribution in [3.63, 3.8) is 0 Å². The van der Waals surface area contributed by atoms with Gasteiger partial charge in [0, 0.05) is 0 Å². The van der Waals surface area contributed by atoms with Gasteiger partial charge in [0.2, 0.25) is 0 Å². The second-order valence-corrected chi connectivity index (χ2v) is 4.12. The van der Waals surface area contributed by atoms with Gasteiger partial charge in [0.25, 0.3) is 0 Å². The molecule has 0 N–H and O–H groups in total. The molecule has 3 aromatic heterocycles. The highest BCUT2D eigenvalue weighted by Crippen LogP contribution is 2.32. The summed E-state index contributed by atoms with van der Waals surface area (Å²) in [6, 6.07) is 10.3. The largest absolute Gasteiger partial charge is 0.450 e. The summed E-state index contributed by atoms with van der Waals surface area (Å²) in [4.78, 5) is 0. The van der Waals surface area contributed by atoms with Gasteiger partial charge in [-0.25, -0.2) is 0 Å². The molecule has 3 aromatic rings. The van der Waals surface area contributed by atoms with Crippen molar-refractivity contribution in [2.45, 2.75) is 0 Å². The van der Waals surface area contributed by atoms with Crippen molar-refractivity contribution >= 4 is 23.2 Å². The van der Waals surface area contributed by atoms with E-state index in [0.29, 0.717) is 33.5 Å². The van der Waals surface area contributed by atoms with Gasteiger partial charge < -0.3 is 13.3 Å². The maximum absolute atomic E-state index is 5.69. The summed E-state index contributed by atoms with van der Waals surface area (Å²) < 4.78 is 16.1. The van der Waals surface area contributed by atoms with Gasteiger partial charge in [-0.1, -0.05) is 0 Å². The van der Waals surface area contributed by atoms with Crippen molar-refractivity contribution in [2.24, 2.45) is 0 Å². The lowest BCUT2D eigenvalue weighted by molar-refractivity contribution is 0.510. The van der Waals surface area contributed by atoms with Crippen LogP contribution in [0, 0.1) is 0 Å². The van der Waals surface area contributed by atoms with E-state index in [2.05, 4.69) is 0 Å². The highest BCUT2D eigenvalue weighted by Gasteiger charge is 2.12. The molecule has 0 bridgehead atoms. The Hall–Kier alpha value is -1.58. The lowest BCUT2D eigenvalue weighted by Gasteiger charge is -1.91. The maximum atomic E-state index is 5.69. The molecular weight excluding hydrogens is 263 g/mol. The van der Waals surface area contributed by atoms with Gasteiger partial charge in [-0.05, 0) is 59.6 Å². The van der Waals surface area contributed by atoms with E-state index in [1.807, 2.05) is 0 Å². The quantitative estimate of drug-likeness (QED) is 0.649. The highest BCUT2D eigenvalue weighted by molar-refractivity contribution is 6.29. The number of rotatable bonds is 2.